The van der Waals surface area contributed by atoms with E-state index in [0.717, 1.165) is 24.3 Å². The lowest BCUT2D eigenvalue weighted by molar-refractivity contribution is 0.0734. The third-order valence-electron chi connectivity index (χ3n) is 7.12. The zero-order valence-electron chi connectivity index (χ0n) is 20.4. The van der Waals surface area contributed by atoms with Gasteiger partial charge in [0, 0.05) is 0 Å². The van der Waals surface area contributed by atoms with E-state index in [2.05, 4.69) is 32.0 Å². The number of esters is 1. The van der Waals surface area contributed by atoms with Crippen molar-refractivity contribution in [3.05, 3.63) is 64.7 Å². The fraction of sp³-hybridized carbons (Fsp3) is 0.533. The second kappa shape index (κ2) is 13.2. The highest BCUT2D eigenvalue weighted by Gasteiger charge is 2.22. The quantitative estimate of drug-likeness (QED) is 0.198. The van der Waals surface area contributed by atoms with Crippen molar-refractivity contribution in [1.82, 2.24) is 0 Å². The van der Waals surface area contributed by atoms with E-state index in [0.29, 0.717) is 22.8 Å². The molecule has 0 saturated heterocycles. The van der Waals surface area contributed by atoms with Crippen LogP contribution in [0.15, 0.2) is 42.5 Å². The molecule has 3 rings (SSSR count). The highest BCUT2D eigenvalue weighted by molar-refractivity contribution is 5.91. The number of carbonyl (C=O) groups excluding carboxylic acids is 1. The molecule has 0 unspecified atom stereocenters. The predicted octanol–water partition coefficient (Wildman–Crippen LogP) is 8.36. The van der Waals surface area contributed by atoms with Gasteiger partial charge in [-0.1, -0.05) is 70.6 Å². The van der Waals surface area contributed by atoms with Gasteiger partial charge in [0.25, 0.3) is 0 Å². The number of nitrogens with zero attached hydrogens (tertiary/aromatic N) is 1. The number of hydrogen-bond donors (Lipinski definition) is 0. The first-order chi connectivity index (χ1) is 16.1. The lowest BCUT2D eigenvalue weighted by Crippen LogP contribution is -2.14. The number of rotatable bonds is 11. The predicted molar refractivity (Wildman–Crippen MR) is 135 cm³/mol. The normalized spacial score (nSPS) is 18.0. The third-order valence-corrected chi connectivity index (χ3v) is 7.12. The monoisotopic (exact) mass is 445 g/mol. The van der Waals surface area contributed by atoms with Crippen LogP contribution in [0.25, 0.3) is 0 Å². The molecule has 176 valence electrons. The summed E-state index contributed by atoms with van der Waals surface area (Å²) in [6.07, 6.45) is 14.9. The van der Waals surface area contributed by atoms with Crippen molar-refractivity contribution >= 4 is 5.97 Å². The molecule has 2 aromatic rings. The summed E-state index contributed by atoms with van der Waals surface area (Å²) >= 11 is 0. The molecule has 0 aromatic heterocycles. The molecule has 0 heterocycles. The van der Waals surface area contributed by atoms with Crippen LogP contribution in [0, 0.1) is 17.2 Å². The maximum absolute atomic E-state index is 12.7. The Bertz CT molecular complexity index is 917. The lowest BCUT2D eigenvalue weighted by atomic mass is 9.77. The minimum Gasteiger partial charge on any atom is -0.422 e. The Morgan fingerprint density at radius 3 is 2.30 bits per heavy atom. The highest BCUT2D eigenvalue weighted by Crippen LogP contribution is 2.37. The SMILES string of the molecule is CCCCCc1ccc(OC(=O)c2ccc(C3CCC(CCCCC)CC3)cc2)c(C#N)c1. The topological polar surface area (TPSA) is 50.1 Å². The fourth-order valence-electron chi connectivity index (χ4n) is 5.01. The number of aryl methyl sites for hydroxylation is 1. The summed E-state index contributed by atoms with van der Waals surface area (Å²) in [5.41, 5.74) is 3.39. The van der Waals surface area contributed by atoms with Crippen molar-refractivity contribution in [1.29, 1.82) is 5.26 Å². The summed E-state index contributed by atoms with van der Waals surface area (Å²) in [5, 5.41) is 9.52. The van der Waals surface area contributed by atoms with Gasteiger partial charge in [0.2, 0.25) is 0 Å². The molecule has 0 spiro atoms. The van der Waals surface area contributed by atoms with Gasteiger partial charge in [0.05, 0.1) is 11.1 Å². The molecule has 0 bridgehead atoms. The average Bonchev–Trinajstić information content (AvgIpc) is 2.85. The van der Waals surface area contributed by atoms with E-state index in [1.807, 2.05) is 24.3 Å². The molecule has 0 N–H and O–H groups in total. The van der Waals surface area contributed by atoms with Gasteiger partial charge in [0.1, 0.15) is 11.8 Å². The molecular weight excluding hydrogens is 406 g/mol. The van der Waals surface area contributed by atoms with Crippen molar-refractivity contribution in [2.24, 2.45) is 5.92 Å². The molecular formula is C30H39NO2. The van der Waals surface area contributed by atoms with E-state index < -0.39 is 5.97 Å². The van der Waals surface area contributed by atoms with Crippen molar-refractivity contribution in [3.63, 3.8) is 0 Å². The van der Waals surface area contributed by atoms with Crippen molar-refractivity contribution in [3.8, 4) is 11.8 Å². The first kappa shape index (κ1) is 25.0. The van der Waals surface area contributed by atoms with E-state index >= 15 is 0 Å². The van der Waals surface area contributed by atoms with E-state index in [9.17, 15) is 10.1 Å². The number of ether oxygens (including phenoxy) is 1. The number of carbonyl (C=O) groups is 1. The van der Waals surface area contributed by atoms with Crippen LogP contribution in [0.5, 0.6) is 5.75 Å². The molecule has 2 aromatic carbocycles. The van der Waals surface area contributed by atoms with Gasteiger partial charge < -0.3 is 4.74 Å². The van der Waals surface area contributed by atoms with Crippen LogP contribution in [0.1, 0.15) is 117 Å². The van der Waals surface area contributed by atoms with Crippen molar-refractivity contribution in [2.75, 3.05) is 0 Å². The van der Waals surface area contributed by atoms with Gasteiger partial charge in [-0.2, -0.15) is 5.26 Å². The zero-order valence-corrected chi connectivity index (χ0v) is 20.4. The van der Waals surface area contributed by atoms with Gasteiger partial charge in [-0.3, -0.25) is 0 Å². The largest absolute Gasteiger partial charge is 0.422 e. The molecule has 1 aliphatic carbocycles. The Hall–Kier alpha value is -2.60. The summed E-state index contributed by atoms with van der Waals surface area (Å²) in [6.45, 7) is 4.44. The molecule has 1 aliphatic rings. The molecule has 3 nitrogen and oxygen atoms in total. The summed E-state index contributed by atoms with van der Waals surface area (Å²) in [7, 11) is 0. The highest BCUT2D eigenvalue weighted by atomic mass is 16.5. The van der Waals surface area contributed by atoms with Crippen LogP contribution in [-0.4, -0.2) is 5.97 Å². The van der Waals surface area contributed by atoms with E-state index in [4.69, 9.17) is 4.74 Å². The third kappa shape index (κ3) is 7.46. The van der Waals surface area contributed by atoms with E-state index in [-0.39, 0.29) is 0 Å². The average molecular weight is 446 g/mol. The maximum atomic E-state index is 12.7. The first-order valence-electron chi connectivity index (χ1n) is 13.0. The number of benzene rings is 2. The van der Waals surface area contributed by atoms with Crippen LogP contribution < -0.4 is 4.74 Å². The Morgan fingerprint density at radius 1 is 0.939 bits per heavy atom. The standard InChI is InChI=1S/C30H39NO2/c1-3-5-7-9-23-11-14-25(15-12-23)26-16-18-27(19-17-26)30(32)33-29-20-13-24(10-8-6-4-2)21-28(29)22-31/h13,16-21,23,25H,3-12,14-15H2,1-2H3. The molecule has 0 radical (unpaired) electrons. The summed E-state index contributed by atoms with van der Waals surface area (Å²) in [5.74, 6) is 1.43. The van der Waals surface area contributed by atoms with Gasteiger partial charge in [-0.05, 0) is 85.8 Å². The maximum Gasteiger partial charge on any atom is 0.343 e. The number of nitriles is 1. The molecule has 0 aliphatic heterocycles. The number of hydrogen-bond acceptors (Lipinski definition) is 3. The summed E-state index contributed by atoms with van der Waals surface area (Å²) in [6, 6.07) is 15.6. The summed E-state index contributed by atoms with van der Waals surface area (Å²) < 4.78 is 5.59. The minimum atomic E-state index is -0.406. The van der Waals surface area contributed by atoms with Crippen molar-refractivity contribution < 1.29 is 9.53 Å². The molecule has 1 fully saturated rings. The lowest BCUT2D eigenvalue weighted by Gasteiger charge is -2.29. The first-order valence-corrected chi connectivity index (χ1v) is 13.0. The Labute approximate surface area is 200 Å². The van der Waals surface area contributed by atoms with Crippen LogP contribution in [0.2, 0.25) is 0 Å². The molecule has 0 atom stereocenters. The Balaban J connectivity index is 1.55. The van der Waals surface area contributed by atoms with Crippen LogP contribution in [-0.2, 0) is 6.42 Å². The van der Waals surface area contributed by atoms with Crippen LogP contribution in [0.4, 0.5) is 0 Å². The molecule has 33 heavy (non-hydrogen) atoms. The van der Waals surface area contributed by atoms with Crippen LogP contribution >= 0.6 is 0 Å². The van der Waals surface area contributed by atoms with E-state index in [1.165, 1.54) is 69.8 Å². The molecule has 1 saturated carbocycles. The van der Waals surface area contributed by atoms with Gasteiger partial charge >= 0.3 is 5.97 Å². The number of unbranched alkanes of at least 4 members (excludes halogenated alkanes) is 4. The molecule has 0 amide bonds. The Kier molecular flexibility index (Phi) is 10.0. The zero-order chi connectivity index (χ0) is 23.5. The summed E-state index contributed by atoms with van der Waals surface area (Å²) in [4.78, 5) is 12.7. The van der Waals surface area contributed by atoms with Gasteiger partial charge in [-0.25, -0.2) is 4.79 Å². The van der Waals surface area contributed by atoms with Gasteiger partial charge in [0.15, 0.2) is 0 Å². The second-order valence-electron chi connectivity index (χ2n) is 9.62. The second-order valence-corrected chi connectivity index (χ2v) is 9.62. The van der Waals surface area contributed by atoms with E-state index in [1.54, 1.807) is 6.07 Å². The minimum absolute atomic E-state index is 0.340. The molecule has 3 heteroatoms. The van der Waals surface area contributed by atoms with Crippen molar-refractivity contribution in [2.45, 2.75) is 96.8 Å². The fourth-order valence-corrected chi connectivity index (χ4v) is 5.01. The van der Waals surface area contributed by atoms with Gasteiger partial charge in [-0.15, -0.1) is 0 Å². The smallest absolute Gasteiger partial charge is 0.343 e. The van der Waals surface area contributed by atoms with Crippen LogP contribution in [0.3, 0.4) is 0 Å². The Morgan fingerprint density at radius 2 is 1.64 bits per heavy atom.